The standard InChI is InChI=1S/C25H20BrNO4/c1-2-29-23-15-18(10-13-22(23)30-16-17-8-11-20(26)12-9-17)14-21-24(27-31-25(21)28)19-6-4-3-5-7-19/h3-15H,2,16H2,1H3/b21-14-. The van der Waals surface area contributed by atoms with Crippen LogP contribution < -0.4 is 9.47 Å². The van der Waals surface area contributed by atoms with Gasteiger partial charge in [0.05, 0.1) is 12.2 Å². The summed E-state index contributed by atoms with van der Waals surface area (Å²) in [5, 5.41) is 3.95. The van der Waals surface area contributed by atoms with Gasteiger partial charge in [-0.25, -0.2) is 4.79 Å². The second-order valence-corrected chi connectivity index (χ2v) is 7.71. The Bertz CT molecular complexity index is 1140. The van der Waals surface area contributed by atoms with Gasteiger partial charge >= 0.3 is 5.97 Å². The summed E-state index contributed by atoms with van der Waals surface area (Å²) in [5.41, 5.74) is 3.57. The maximum Gasteiger partial charge on any atom is 0.368 e. The molecule has 0 aromatic heterocycles. The van der Waals surface area contributed by atoms with E-state index in [0.29, 0.717) is 36.0 Å². The van der Waals surface area contributed by atoms with Crippen LogP contribution in [0.25, 0.3) is 6.08 Å². The van der Waals surface area contributed by atoms with E-state index in [1.807, 2.05) is 79.7 Å². The Kier molecular flexibility index (Phi) is 6.48. The van der Waals surface area contributed by atoms with Crippen molar-refractivity contribution < 1.29 is 19.1 Å². The van der Waals surface area contributed by atoms with Crippen molar-refractivity contribution in [2.45, 2.75) is 13.5 Å². The number of halogens is 1. The van der Waals surface area contributed by atoms with Gasteiger partial charge in [-0.3, -0.25) is 0 Å². The predicted octanol–water partition coefficient (Wildman–Crippen LogP) is 5.77. The lowest BCUT2D eigenvalue weighted by Crippen LogP contribution is -2.06. The molecule has 0 unspecified atom stereocenters. The van der Waals surface area contributed by atoms with Crippen molar-refractivity contribution >= 4 is 33.7 Å². The SMILES string of the molecule is CCOc1cc(/C=C2\C(=O)ON=C2c2ccccc2)ccc1OCc1ccc(Br)cc1. The fraction of sp³-hybridized carbons (Fsp3) is 0.120. The van der Waals surface area contributed by atoms with E-state index in [4.69, 9.17) is 14.3 Å². The summed E-state index contributed by atoms with van der Waals surface area (Å²) in [6.07, 6.45) is 1.75. The van der Waals surface area contributed by atoms with Crippen LogP contribution in [-0.4, -0.2) is 18.3 Å². The zero-order chi connectivity index (χ0) is 21.6. The minimum absolute atomic E-state index is 0.400. The van der Waals surface area contributed by atoms with Gasteiger partial charge in [0.2, 0.25) is 0 Å². The topological polar surface area (TPSA) is 57.1 Å². The van der Waals surface area contributed by atoms with Crippen LogP contribution in [0.1, 0.15) is 23.6 Å². The summed E-state index contributed by atoms with van der Waals surface area (Å²) in [7, 11) is 0. The Morgan fingerprint density at radius 2 is 1.74 bits per heavy atom. The molecule has 0 saturated carbocycles. The van der Waals surface area contributed by atoms with Crippen LogP contribution in [0.3, 0.4) is 0 Å². The Balaban J connectivity index is 1.58. The van der Waals surface area contributed by atoms with Crippen molar-refractivity contribution in [1.29, 1.82) is 0 Å². The van der Waals surface area contributed by atoms with Crippen LogP contribution in [0.5, 0.6) is 11.5 Å². The molecule has 0 N–H and O–H groups in total. The number of rotatable bonds is 7. The van der Waals surface area contributed by atoms with Crippen LogP contribution in [0.2, 0.25) is 0 Å². The number of oxime groups is 1. The molecule has 3 aromatic carbocycles. The molecule has 156 valence electrons. The van der Waals surface area contributed by atoms with E-state index in [-0.39, 0.29) is 0 Å². The van der Waals surface area contributed by atoms with Gasteiger partial charge in [-0.15, -0.1) is 0 Å². The lowest BCUT2D eigenvalue weighted by atomic mass is 10.0. The average molecular weight is 478 g/mol. The van der Waals surface area contributed by atoms with Crippen molar-refractivity contribution in [2.24, 2.45) is 5.16 Å². The van der Waals surface area contributed by atoms with Gasteiger partial charge in [0, 0.05) is 10.0 Å². The summed E-state index contributed by atoms with van der Waals surface area (Å²) in [6, 6.07) is 23.0. The van der Waals surface area contributed by atoms with Crippen molar-refractivity contribution in [3.63, 3.8) is 0 Å². The minimum atomic E-state index is -0.479. The Hall–Kier alpha value is -3.38. The summed E-state index contributed by atoms with van der Waals surface area (Å²) in [4.78, 5) is 17.2. The maximum absolute atomic E-state index is 12.3. The quantitative estimate of drug-likeness (QED) is 0.320. The van der Waals surface area contributed by atoms with Gasteiger partial charge in [-0.05, 0) is 48.4 Å². The molecule has 6 heteroatoms. The molecular weight excluding hydrogens is 458 g/mol. The van der Waals surface area contributed by atoms with E-state index < -0.39 is 5.97 Å². The van der Waals surface area contributed by atoms with Gasteiger partial charge in [-0.1, -0.05) is 69.6 Å². The highest BCUT2D eigenvalue weighted by atomic mass is 79.9. The molecule has 0 radical (unpaired) electrons. The Labute approximate surface area is 189 Å². The number of benzene rings is 3. The highest BCUT2D eigenvalue weighted by Gasteiger charge is 2.26. The third-order valence-corrected chi connectivity index (χ3v) is 5.16. The van der Waals surface area contributed by atoms with Crippen LogP contribution in [0.4, 0.5) is 0 Å². The zero-order valence-corrected chi connectivity index (χ0v) is 18.5. The number of hydrogen-bond donors (Lipinski definition) is 0. The smallest absolute Gasteiger partial charge is 0.368 e. The molecule has 4 rings (SSSR count). The van der Waals surface area contributed by atoms with Crippen LogP contribution in [-0.2, 0) is 16.2 Å². The molecule has 0 saturated heterocycles. The largest absolute Gasteiger partial charge is 0.490 e. The molecule has 3 aromatic rings. The number of nitrogens with zero attached hydrogens (tertiary/aromatic N) is 1. The van der Waals surface area contributed by atoms with E-state index in [0.717, 1.165) is 21.2 Å². The number of hydrogen-bond acceptors (Lipinski definition) is 5. The summed E-state index contributed by atoms with van der Waals surface area (Å²) < 4.78 is 12.8. The predicted molar refractivity (Wildman–Crippen MR) is 123 cm³/mol. The first kappa shape index (κ1) is 20.9. The van der Waals surface area contributed by atoms with Crippen molar-refractivity contribution in [3.8, 4) is 11.5 Å². The molecule has 0 aliphatic carbocycles. The van der Waals surface area contributed by atoms with Crippen molar-refractivity contribution in [2.75, 3.05) is 6.61 Å². The number of carbonyl (C=O) groups excluding carboxylic acids is 1. The fourth-order valence-corrected chi connectivity index (χ4v) is 3.39. The Morgan fingerprint density at radius 1 is 0.968 bits per heavy atom. The molecule has 31 heavy (non-hydrogen) atoms. The maximum atomic E-state index is 12.3. The van der Waals surface area contributed by atoms with Crippen molar-refractivity contribution in [1.82, 2.24) is 0 Å². The van der Waals surface area contributed by atoms with Crippen LogP contribution in [0, 0.1) is 0 Å². The van der Waals surface area contributed by atoms with Gasteiger partial charge in [-0.2, -0.15) is 0 Å². The Morgan fingerprint density at radius 3 is 2.48 bits per heavy atom. The zero-order valence-electron chi connectivity index (χ0n) is 16.9. The number of carbonyl (C=O) groups is 1. The van der Waals surface area contributed by atoms with Gasteiger partial charge in [0.1, 0.15) is 12.3 Å². The molecule has 0 bridgehead atoms. The van der Waals surface area contributed by atoms with E-state index in [9.17, 15) is 4.79 Å². The second-order valence-electron chi connectivity index (χ2n) is 6.80. The highest BCUT2D eigenvalue weighted by molar-refractivity contribution is 9.10. The van der Waals surface area contributed by atoms with E-state index in [1.54, 1.807) is 6.08 Å². The van der Waals surface area contributed by atoms with Crippen LogP contribution in [0.15, 0.2) is 88.0 Å². The summed E-state index contributed by atoms with van der Waals surface area (Å²) in [5.74, 6) is 0.767. The van der Waals surface area contributed by atoms with E-state index >= 15 is 0 Å². The first-order valence-electron chi connectivity index (χ1n) is 9.85. The van der Waals surface area contributed by atoms with Crippen LogP contribution >= 0.6 is 15.9 Å². The fourth-order valence-electron chi connectivity index (χ4n) is 3.12. The second kappa shape index (κ2) is 9.62. The molecule has 0 fully saturated rings. The molecule has 0 amide bonds. The molecule has 0 atom stereocenters. The van der Waals surface area contributed by atoms with E-state index in [2.05, 4.69) is 21.1 Å². The third-order valence-electron chi connectivity index (χ3n) is 4.63. The molecular formula is C25H20BrNO4. The summed E-state index contributed by atoms with van der Waals surface area (Å²) >= 11 is 3.43. The van der Waals surface area contributed by atoms with E-state index in [1.165, 1.54) is 0 Å². The minimum Gasteiger partial charge on any atom is -0.490 e. The third kappa shape index (κ3) is 5.03. The first-order chi connectivity index (χ1) is 15.1. The number of ether oxygens (including phenoxy) is 2. The lowest BCUT2D eigenvalue weighted by Gasteiger charge is -2.13. The normalized spacial score (nSPS) is 14.3. The molecule has 1 aliphatic rings. The average Bonchev–Trinajstić information content (AvgIpc) is 3.15. The lowest BCUT2D eigenvalue weighted by molar-refractivity contribution is -0.136. The highest BCUT2D eigenvalue weighted by Crippen LogP contribution is 2.31. The van der Waals surface area contributed by atoms with Crippen molar-refractivity contribution in [3.05, 3.63) is 99.5 Å². The first-order valence-corrected chi connectivity index (χ1v) is 10.6. The molecule has 5 nitrogen and oxygen atoms in total. The monoisotopic (exact) mass is 477 g/mol. The van der Waals surface area contributed by atoms with Gasteiger partial charge < -0.3 is 14.3 Å². The van der Waals surface area contributed by atoms with Gasteiger partial charge in [0.25, 0.3) is 0 Å². The molecule has 0 spiro atoms. The van der Waals surface area contributed by atoms with Gasteiger partial charge in [0.15, 0.2) is 11.5 Å². The molecule has 1 heterocycles. The summed E-state index contributed by atoms with van der Waals surface area (Å²) in [6.45, 7) is 2.83. The molecule has 1 aliphatic heterocycles.